The molecule has 1 aliphatic carbocycles. The van der Waals surface area contributed by atoms with E-state index in [9.17, 15) is 0 Å². The van der Waals surface area contributed by atoms with Crippen molar-refractivity contribution in [2.45, 2.75) is 63.6 Å². The van der Waals surface area contributed by atoms with Crippen LogP contribution in [0.5, 0.6) is 0 Å². The Kier molecular flexibility index (Phi) is 3.77. The summed E-state index contributed by atoms with van der Waals surface area (Å²) in [6.45, 7) is 7.21. The summed E-state index contributed by atoms with van der Waals surface area (Å²) in [5.74, 6) is 0. The molecule has 1 nitrogen and oxygen atoms in total. The summed E-state index contributed by atoms with van der Waals surface area (Å²) in [5.41, 5.74) is 0. The quantitative estimate of drug-likeness (QED) is 0.659. The molecule has 0 radical (unpaired) electrons. The van der Waals surface area contributed by atoms with Gasteiger partial charge in [-0.3, -0.25) is 0 Å². The van der Waals surface area contributed by atoms with Gasteiger partial charge in [0.25, 0.3) is 0 Å². The van der Waals surface area contributed by atoms with Crippen molar-refractivity contribution in [2.24, 2.45) is 0 Å². The Balaban J connectivity index is 2.78. The summed E-state index contributed by atoms with van der Waals surface area (Å²) in [6.07, 6.45) is 8.54. The van der Waals surface area contributed by atoms with Gasteiger partial charge >= 0.3 is 0 Å². The Morgan fingerprint density at radius 1 is 1.23 bits per heavy atom. The average Bonchev–Trinajstić information content (AvgIpc) is 2.18. The van der Waals surface area contributed by atoms with Gasteiger partial charge in [0.1, 0.15) is 10.5 Å². The highest BCUT2D eigenvalue weighted by Gasteiger charge is 2.46. The largest absolute Gasteiger partial charge is 0.463 e. The molecule has 1 aliphatic rings. The van der Waals surface area contributed by atoms with Crippen LogP contribution in [0.1, 0.15) is 45.4 Å². The SMILES string of the molecule is CCC1([Si](C)(C)O[SiH3])CCCCC1. The van der Waals surface area contributed by atoms with Crippen LogP contribution in [0, 0.1) is 0 Å². The standard InChI is InChI=1S/C10H24OSi2/c1-4-10(13(2,3)11-12)8-6-5-7-9-10/h4-9H2,1-3,12H3. The summed E-state index contributed by atoms with van der Waals surface area (Å²) >= 11 is 0. The molecule has 0 N–H and O–H groups in total. The molecular weight excluding hydrogens is 192 g/mol. The van der Waals surface area contributed by atoms with E-state index in [1.165, 1.54) is 38.5 Å². The zero-order valence-electron chi connectivity index (χ0n) is 9.65. The maximum absolute atomic E-state index is 5.95. The van der Waals surface area contributed by atoms with E-state index in [-0.39, 0.29) is 0 Å². The number of rotatable bonds is 3. The number of hydrogen-bond donors (Lipinski definition) is 0. The highest BCUT2D eigenvalue weighted by Crippen LogP contribution is 2.53. The van der Waals surface area contributed by atoms with Crippen LogP contribution in [-0.4, -0.2) is 18.8 Å². The Hall–Kier alpha value is 0.394. The average molecular weight is 216 g/mol. The minimum absolute atomic E-state index is 0.618. The molecule has 0 aromatic carbocycles. The molecule has 1 rings (SSSR count). The summed E-state index contributed by atoms with van der Waals surface area (Å²) in [7, 11) is -0.435. The number of hydrogen-bond acceptors (Lipinski definition) is 1. The van der Waals surface area contributed by atoms with Gasteiger partial charge in [0.05, 0.1) is 0 Å². The van der Waals surface area contributed by atoms with Gasteiger partial charge in [-0.25, -0.2) is 0 Å². The van der Waals surface area contributed by atoms with Crippen molar-refractivity contribution in [3.63, 3.8) is 0 Å². The van der Waals surface area contributed by atoms with Crippen LogP contribution in [0.4, 0.5) is 0 Å². The maximum Gasteiger partial charge on any atom is 0.178 e. The van der Waals surface area contributed by atoms with Gasteiger partial charge in [-0.1, -0.05) is 32.6 Å². The van der Waals surface area contributed by atoms with Crippen LogP contribution in [-0.2, 0) is 4.12 Å². The molecule has 0 aromatic rings. The van der Waals surface area contributed by atoms with Crippen LogP contribution in [0.25, 0.3) is 0 Å². The van der Waals surface area contributed by atoms with Gasteiger partial charge in [0.15, 0.2) is 8.32 Å². The Morgan fingerprint density at radius 2 is 1.77 bits per heavy atom. The Morgan fingerprint density at radius 3 is 2.15 bits per heavy atom. The van der Waals surface area contributed by atoms with E-state index in [4.69, 9.17) is 4.12 Å². The summed E-state index contributed by atoms with van der Waals surface area (Å²) in [6, 6.07) is 0. The van der Waals surface area contributed by atoms with Crippen LogP contribution < -0.4 is 0 Å². The molecule has 78 valence electrons. The minimum Gasteiger partial charge on any atom is -0.463 e. The molecule has 0 unspecified atom stereocenters. The third kappa shape index (κ3) is 2.08. The van der Waals surface area contributed by atoms with Crippen molar-refractivity contribution in [1.29, 1.82) is 0 Å². The lowest BCUT2D eigenvalue weighted by Gasteiger charge is -2.46. The third-order valence-corrected chi connectivity index (χ3v) is 11.8. The fourth-order valence-corrected chi connectivity index (χ4v) is 6.97. The van der Waals surface area contributed by atoms with Gasteiger partial charge in [-0.05, 0) is 31.0 Å². The fourth-order valence-electron chi connectivity index (χ4n) is 2.83. The molecule has 1 saturated carbocycles. The summed E-state index contributed by atoms with van der Waals surface area (Å²) in [5, 5.41) is 0.618. The molecule has 0 heterocycles. The van der Waals surface area contributed by atoms with Crippen LogP contribution in [0.2, 0.25) is 18.1 Å². The maximum atomic E-state index is 5.95. The molecule has 0 bridgehead atoms. The minimum atomic E-state index is -1.36. The van der Waals surface area contributed by atoms with Crippen molar-refractivity contribution in [1.82, 2.24) is 0 Å². The zero-order chi connectivity index (χ0) is 9.95. The van der Waals surface area contributed by atoms with E-state index in [2.05, 4.69) is 20.0 Å². The van der Waals surface area contributed by atoms with Gasteiger partial charge in [-0.2, -0.15) is 0 Å². The van der Waals surface area contributed by atoms with Crippen LogP contribution in [0.15, 0.2) is 0 Å². The molecule has 0 aliphatic heterocycles. The van der Waals surface area contributed by atoms with E-state index in [1.807, 2.05) is 0 Å². The Labute approximate surface area is 86.9 Å². The second-order valence-corrected chi connectivity index (χ2v) is 10.6. The van der Waals surface area contributed by atoms with Gasteiger partial charge in [0, 0.05) is 0 Å². The summed E-state index contributed by atoms with van der Waals surface area (Å²) < 4.78 is 5.95. The first-order valence-corrected chi connectivity index (χ1v) is 9.35. The second kappa shape index (κ2) is 4.28. The molecule has 0 aromatic heterocycles. The second-order valence-electron chi connectivity index (χ2n) is 4.91. The van der Waals surface area contributed by atoms with E-state index < -0.39 is 8.32 Å². The summed E-state index contributed by atoms with van der Waals surface area (Å²) in [4.78, 5) is 0. The van der Waals surface area contributed by atoms with Crippen molar-refractivity contribution in [3.05, 3.63) is 0 Å². The smallest absolute Gasteiger partial charge is 0.178 e. The predicted octanol–water partition coefficient (Wildman–Crippen LogP) is 2.60. The van der Waals surface area contributed by atoms with Crippen molar-refractivity contribution >= 4 is 18.8 Å². The fraction of sp³-hybridized carbons (Fsp3) is 1.00. The van der Waals surface area contributed by atoms with Gasteiger partial charge in [-0.15, -0.1) is 0 Å². The van der Waals surface area contributed by atoms with Gasteiger partial charge in [0.2, 0.25) is 0 Å². The molecular formula is C10H24OSi2. The molecule has 0 amide bonds. The van der Waals surface area contributed by atoms with E-state index >= 15 is 0 Å². The molecule has 13 heavy (non-hydrogen) atoms. The molecule has 0 atom stereocenters. The molecule has 1 fully saturated rings. The van der Waals surface area contributed by atoms with E-state index in [1.54, 1.807) is 0 Å². The van der Waals surface area contributed by atoms with E-state index in [0.29, 0.717) is 5.04 Å². The van der Waals surface area contributed by atoms with E-state index in [0.717, 1.165) is 10.5 Å². The van der Waals surface area contributed by atoms with Crippen LogP contribution in [0.3, 0.4) is 0 Å². The normalized spacial score (nSPS) is 23.3. The Bertz CT molecular complexity index is 162. The monoisotopic (exact) mass is 216 g/mol. The molecule has 0 spiro atoms. The lowest BCUT2D eigenvalue weighted by Crippen LogP contribution is -2.45. The van der Waals surface area contributed by atoms with Gasteiger partial charge < -0.3 is 4.12 Å². The topological polar surface area (TPSA) is 9.23 Å². The first kappa shape index (κ1) is 11.5. The first-order chi connectivity index (χ1) is 6.08. The zero-order valence-corrected chi connectivity index (χ0v) is 12.7. The van der Waals surface area contributed by atoms with Crippen molar-refractivity contribution in [2.75, 3.05) is 0 Å². The lowest BCUT2D eigenvalue weighted by atomic mass is 9.86. The third-order valence-electron chi connectivity index (χ3n) is 4.27. The molecule has 3 heteroatoms. The lowest BCUT2D eigenvalue weighted by molar-refractivity contribution is 0.324. The van der Waals surface area contributed by atoms with Crippen molar-refractivity contribution < 1.29 is 4.12 Å². The highest BCUT2D eigenvalue weighted by molar-refractivity contribution is 6.76. The van der Waals surface area contributed by atoms with Crippen molar-refractivity contribution in [3.8, 4) is 0 Å². The van der Waals surface area contributed by atoms with Crippen LogP contribution >= 0.6 is 0 Å². The highest BCUT2D eigenvalue weighted by atomic mass is 28.4. The first-order valence-electron chi connectivity index (χ1n) is 5.63. The predicted molar refractivity (Wildman–Crippen MR) is 64.6 cm³/mol. The molecule has 0 saturated heterocycles.